The Labute approximate surface area is 106 Å². The Morgan fingerprint density at radius 2 is 2.11 bits per heavy atom. The SMILES string of the molecule is CCSC1=CC(C(F)(F)F)=CC2=NC=NC(=O)C12. The molecule has 0 saturated carbocycles. The average molecular weight is 274 g/mol. The molecule has 96 valence electrons. The van der Waals surface area contributed by atoms with Gasteiger partial charge in [-0.3, -0.25) is 4.79 Å². The first-order chi connectivity index (χ1) is 8.43. The van der Waals surface area contributed by atoms with Gasteiger partial charge < -0.3 is 0 Å². The molecule has 0 fully saturated rings. The number of thioether (sulfide) groups is 1. The van der Waals surface area contributed by atoms with E-state index >= 15 is 0 Å². The van der Waals surface area contributed by atoms with Gasteiger partial charge in [-0.2, -0.15) is 13.2 Å². The van der Waals surface area contributed by atoms with E-state index in [1.54, 1.807) is 0 Å². The second-order valence-corrected chi connectivity index (χ2v) is 4.98. The Morgan fingerprint density at radius 3 is 2.72 bits per heavy atom. The molecule has 1 unspecified atom stereocenters. The third kappa shape index (κ3) is 2.40. The Kier molecular flexibility index (Phi) is 3.43. The van der Waals surface area contributed by atoms with E-state index in [2.05, 4.69) is 9.98 Å². The van der Waals surface area contributed by atoms with Crippen LogP contribution in [-0.2, 0) is 4.79 Å². The van der Waals surface area contributed by atoms with Gasteiger partial charge in [-0.1, -0.05) is 6.92 Å². The predicted octanol–water partition coefficient (Wildman–Crippen LogP) is 2.75. The molecule has 0 spiro atoms. The zero-order valence-electron chi connectivity index (χ0n) is 9.36. The molecule has 0 aromatic carbocycles. The molecule has 3 nitrogen and oxygen atoms in total. The molecule has 1 amide bonds. The van der Waals surface area contributed by atoms with E-state index in [9.17, 15) is 18.0 Å². The summed E-state index contributed by atoms with van der Waals surface area (Å²) < 4.78 is 38.1. The molecule has 2 aliphatic rings. The summed E-state index contributed by atoms with van der Waals surface area (Å²) in [6, 6.07) is 0. The second-order valence-electron chi connectivity index (χ2n) is 3.65. The molecule has 7 heteroatoms. The quantitative estimate of drug-likeness (QED) is 0.777. The van der Waals surface area contributed by atoms with Gasteiger partial charge >= 0.3 is 6.18 Å². The van der Waals surface area contributed by atoms with E-state index in [1.807, 2.05) is 6.92 Å². The van der Waals surface area contributed by atoms with Gasteiger partial charge in [0.25, 0.3) is 5.91 Å². The van der Waals surface area contributed by atoms with Crippen molar-refractivity contribution in [3.05, 3.63) is 22.6 Å². The van der Waals surface area contributed by atoms with Crippen LogP contribution in [0.2, 0.25) is 0 Å². The molecule has 18 heavy (non-hydrogen) atoms. The molecule has 0 bridgehead atoms. The number of nitrogens with zero attached hydrogens (tertiary/aromatic N) is 2. The topological polar surface area (TPSA) is 41.8 Å². The van der Waals surface area contributed by atoms with Crippen LogP contribution in [0.3, 0.4) is 0 Å². The molecular formula is C11H9F3N2OS. The van der Waals surface area contributed by atoms with Crippen LogP contribution in [-0.4, -0.2) is 29.9 Å². The molecule has 0 radical (unpaired) electrons. The van der Waals surface area contributed by atoms with E-state index in [0.29, 0.717) is 10.7 Å². The maximum atomic E-state index is 12.7. The molecule has 0 N–H and O–H groups in total. The van der Waals surface area contributed by atoms with E-state index in [4.69, 9.17) is 0 Å². The summed E-state index contributed by atoms with van der Waals surface area (Å²) in [5.41, 5.74) is -0.669. The average Bonchev–Trinajstić information content (AvgIpc) is 2.28. The van der Waals surface area contributed by atoms with Gasteiger partial charge in [-0.15, -0.1) is 11.8 Å². The van der Waals surface area contributed by atoms with Crippen LogP contribution >= 0.6 is 11.8 Å². The predicted molar refractivity (Wildman–Crippen MR) is 64.8 cm³/mol. The monoisotopic (exact) mass is 274 g/mol. The number of fused-ring (bicyclic) bond motifs is 1. The van der Waals surface area contributed by atoms with Crippen molar-refractivity contribution in [3.8, 4) is 0 Å². The van der Waals surface area contributed by atoms with Gasteiger partial charge in [0.2, 0.25) is 0 Å². The van der Waals surface area contributed by atoms with Crippen molar-refractivity contribution in [2.24, 2.45) is 15.9 Å². The highest BCUT2D eigenvalue weighted by Gasteiger charge is 2.39. The van der Waals surface area contributed by atoms with Crippen molar-refractivity contribution in [2.75, 3.05) is 5.75 Å². The van der Waals surface area contributed by atoms with E-state index in [0.717, 1.165) is 18.5 Å². The summed E-state index contributed by atoms with van der Waals surface area (Å²) in [6.07, 6.45) is -1.52. The molecule has 1 aliphatic heterocycles. The number of hydrogen-bond donors (Lipinski definition) is 0. The molecule has 1 atom stereocenters. The van der Waals surface area contributed by atoms with Crippen LogP contribution in [0, 0.1) is 5.92 Å². The zero-order chi connectivity index (χ0) is 13.3. The fourth-order valence-electron chi connectivity index (χ4n) is 1.71. The molecule has 0 aromatic heterocycles. The molecule has 0 saturated heterocycles. The summed E-state index contributed by atoms with van der Waals surface area (Å²) in [5, 5.41) is 0. The normalized spacial score (nSPS) is 23.2. The first-order valence-corrected chi connectivity index (χ1v) is 6.19. The number of halogens is 3. The largest absolute Gasteiger partial charge is 0.416 e. The lowest BCUT2D eigenvalue weighted by Crippen LogP contribution is -2.30. The number of rotatable bonds is 2. The number of hydrogen-bond acceptors (Lipinski definition) is 3. The summed E-state index contributed by atoms with van der Waals surface area (Å²) in [6.45, 7) is 1.81. The highest BCUT2D eigenvalue weighted by atomic mass is 32.2. The minimum Gasteiger partial charge on any atom is -0.271 e. The maximum absolute atomic E-state index is 12.7. The molecule has 2 rings (SSSR count). The Morgan fingerprint density at radius 1 is 1.39 bits per heavy atom. The van der Waals surface area contributed by atoms with Crippen molar-refractivity contribution < 1.29 is 18.0 Å². The van der Waals surface area contributed by atoms with Crippen LogP contribution < -0.4 is 0 Å². The van der Waals surface area contributed by atoms with Gasteiger partial charge in [-0.05, 0) is 17.9 Å². The summed E-state index contributed by atoms with van der Waals surface area (Å²) >= 11 is 1.21. The highest BCUT2D eigenvalue weighted by Crippen LogP contribution is 2.38. The van der Waals surface area contributed by atoms with E-state index in [1.165, 1.54) is 11.8 Å². The lowest BCUT2D eigenvalue weighted by molar-refractivity contribution is -0.118. The second kappa shape index (κ2) is 4.72. The number of amides is 1. The van der Waals surface area contributed by atoms with Crippen molar-refractivity contribution in [2.45, 2.75) is 13.1 Å². The molecule has 0 aromatic rings. The number of alkyl halides is 3. The zero-order valence-corrected chi connectivity index (χ0v) is 10.2. The minimum atomic E-state index is -4.44. The van der Waals surface area contributed by atoms with Gasteiger partial charge in [0.15, 0.2) is 0 Å². The maximum Gasteiger partial charge on any atom is 0.416 e. The number of allylic oxidation sites excluding steroid dienone is 3. The highest BCUT2D eigenvalue weighted by molar-refractivity contribution is 8.03. The van der Waals surface area contributed by atoms with Crippen LogP contribution in [0.5, 0.6) is 0 Å². The van der Waals surface area contributed by atoms with Gasteiger partial charge in [-0.25, -0.2) is 9.98 Å². The van der Waals surface area contributed by atoms with Crippen molar-refractivity contribution in [1.82, 2.24) is 0 Å². The number of carbonyl (C=O) groups excluding carboxylic acids is 1. The Balaban J connectivity index is 2.46. The summed E-state index contributed by atoms with van der Waals surface area (Å²) in [7, 11) is 0. The van der Waals surface area contributed by atoms with Crippen molar-refractivity contribution in [3.63, 3.8) is 0 Å². The van der Waals surface area contributed by atoms with Gasteiger partial charge in [0.05, 0.1) is 11.3 Å². The van der Waals surface area contributed by atoms with Crippen LogP contribution in [0.25, 0.3) is 0 Å². The lowest BCUT2D eigenvalue weighted by atomic mass is 9.92. The van der Waals surface area contributed by atoms with Gasteiger partial charge in [0, 0.05) is 4.91 Å². The Bertz CT molecular complexity index is 503. The third-order valence-corrected chi connectivity index (χ3v) is 3.43. The summed E-state index contributed by atoms with van der Waals surface area (Å²) in [5.74, 6) is -0.659. The fraction of sp³-hybridized carbons (Fsp3) is 0.364. The van der Waals surface area contributed by atoms with Crippen molar-refractivity contribution in [1.29, 1.82) is 0 Å². The first kappa shape index (κ1) is 13.1. The van der Waals surface area contributed by atoms with Crippen LogP contribution in [0.4, 0.5) is 13.2 Å². The third-order valence-electron chi connectivity index (χ3n) is 2.46. The van der Waals surface area contributed by atoms with Crippen LogP contribution in [0.15, 0.2) is 32.6 Å². The van der Waals surface area contributed by atoms with E-state index < -0.39 is 23.6 Å². The standard InChI is InChI=1S/C11H9F3N2OS/c1-2-18-8-4-6(11(12,13)14)3-7-9(8)10(17)16-5-15-7/h3-5,9H,2H2,1H3. The minimum absolute atomic E-state index is 0.112. The molecule has 1 aliphatic carbocycles. The number of aliphatic imine (C=N–C) groups is 2. The summed E-state index contributed by atoms with van der Waals surface area (Å²) in [4.78, 5) is 19.3. The number of carbonyl (C=O) groups is 1. The van der Waals surface area contributed by atoms with Gasteiger partial charge in [0.1, 0.15) is 12.3 Å². The first-order valence-electron chi connectivity index (χ1n) is 5.21. The fourth-order valence-corrected chi connectivity index (χ4v) is 2.64. The Hall–Kier alpha value is -1.37. The van der Waals surface area contributed by atoms with Crippen molar-refractivity contribution >= 4 is 29.7 Å². The van der Waals surface area contributed by atoms with E-state index in [-0.39, 0.29) is 5.71 Å². The lowest BCUT2D eigenvalue weighted by Gasteiger charge is -2.24. The van der Waals surface area contributed by atoms with Crippen LogP contribution in [0.1, 0.15) is 6.92 Å². The molecule has 1 heterocycles. The molecular weight excluding hydrogens is 265 g/mol. The smallest absolute Gasteiger partial charge is 0.271 e.